The van der Waals surface area contributed by atoms with Crippen LogP contribution in [-0.2, 0) is 13.0 Å². The first-order chi connectivity index (χ1) is 11.6. The number of nitrogens with zero attached hydrogens (tertiary/aromatic N) is 3. The number of aromatic nitrogens is 1. The lowest BCUT2D eigenvalue weighted by Crippen LogP contribution is -2.41. The Morgan fingerprint density at radius 2 is 2.04 bits per heavy atom. The summed E-state index contributed by atoms with van der Waals surface area (Å²) in [4.78, 5) is 12.7. The van der Waals surface area contributed by atoms with Gasteiger partial charge in [-0.2, -0.15) is 0 Å². The molecule has 0 bridgehead atoms. The minimum absolute atomic E-state index is 0. The van der Waals surface area contributed by atoms with Gasteiger partial charge in [0.1, 0.15) is 5.01 Å². The maximum absolute atomic E-state index is 4.43. The molecule has 1 aromatic heterocycles. The Morgan fingerprint density at radius 1 is 1.32 bits per heavy atom. The molecule has 0 saturated carbocycles. The minimum atomic E-state index is 0. The number of piperidine rings is 1. The van der Waals surface area contributed by atoms with Crippen LogP contribution in [-0.4, -0.2) is 49.1 Å². The fraction of sp³-hybridized carbons (Fsp3) is 0.778. The smallest absolute Gasteiger partial charge is 0.191 e. The molecule has 2 unspecified atom stereocenters. The summed E-state index contributed by atoms with van der Waals surface area (Å²) in [7, 11) is 1.82. The van der Waals surface area contributed by atoms with Gasteiger partial charge in [0.05, 0.1) is 6.54 Å². The second-order valence-electron chi connectivity index (χ2n) is 6.99. The van der Waals surface area contributed by atoms with E-state index in [1.165, 1.54) is 30.9 Å². The first-order valence-corrected chi connectivity index (χ1v) is 10.0. The number of aliphatic imine (C=N–C) groups is 1. The number of rotatable bonds is 7. The quantitative estimate of drug-likeness (QED) is 0.273. The predicted octanol–water partition coefficient (Wildman–Crippen LogP) is 3.36. The number of likely N-dealkylation sites (tertiary alicyclic amines) is 1. The Bertz CT molecular complexity index is 509. The highest BCUT2D eigenvalue weighted by Gasteiger charge is 2.20. The summed E-state index contributed by atoms with van der Waals surface area (Å²) in [6.07, 6.45) is 5.55. The van der Waals surface area contributed by atoms with Crippen LogP contribution in [0.1, 0.15) is 43.5 Å². The summed E-state index contributed by atoms with van der Waals surface area (Å²) < 4.78 is 0. The summed E-state index contributed by atoms with van der Waals surface area (Å²) in [6, 6.07) is 0. The van der Waals surface area contributed by atoms with E-state index >= 15 is 0 Å². The molecule has 1 aliphatic heterocycles. The van der Waals surface area contributed by atoms with Crippen molar-refractivity contribution < 1.29 is 0 Å². The number of guanidine groups is 1. The van der Waals surface area contributed by atoms with E-state index in [2.05, 4.69) is 46.3 Å². The van der Waals surface area contributed by atoms with Crippen molar-refractivity contribution in [2.24, 2.45) is 16.8 Å². The largest absolute Gasteiger partial charge is 0.356 e. The van der Waals surface area contributed by atoms with Gasteiger partial charge >= 0.3 is 0 Å². The van der Waals surface area contributed by atoms with Gasteiger partial charge < -0.3 is 15.5 Å². The van der Waals surface area contributed by atoms with Crippen LogP contribution in [0.3, 0.4) is 0 Å². The van der Waals surface area contributed by atoms with Crippen molar-refractivity contribution in [1.82, 2.24) is 20.5 Å². The van der Waals surface area contributed by atoms with E-state index in [0.717, 1.165) is 48.7 Å². The molecule has 1 aromatic rings. The highest BCUT2D eigenvalue weighted by atomic mass is 127. The molecule has 0 amide bonds. The molecule has 2 N–H and O–H groups in total. The van der Waals surface area contributed by atoms with Crippen LogP contribution in [0, 0.1) is 11.8 Å². The Morgan fingerprint density at radius 3 is 2.64 bits per heavy atom. The van der Waals surface area contributed by atoms with Crippen LogP contribution in [0.2, 0.25) is 0 Å². The van der Waals surface area contributed by atoms with Gasteiger partial charge in [-0.15, -0.1) is 35.3 Å². The van der Waals surface area contributed by atoms with E-state index in [1.54, 1.807) is 11.3 Å². The molecular weight excluding hydrogens is 445 g/mol. The molecule has 1 saturated heterocycles. The van der Waals surface area contributed by atoms with Crippen LogP contribution in [0.4, 0.5) is 0 Å². The zero-order chi connectivity index (χ0) is 17.4. The van der Waals surface area contributed by atoms with E-state index in [1.807, 2.05) is 13.2 Å². The number of hydrogen-bond donors (Lipinski definition) is 2. The molecule has 1 aliphatic rings. The van der Waals surface area contributed by atoms with Crippen molar-refractivity contribution in [1.29, 1.82) is 0 Å². The van der Waals surface area contributed by atoms with E-state index in [9.17, 15) is 0 Å². The maximum atomic E-state index is 4.43. The van der Waals surface area contributed by atoms with E-state index in [-0.39, 0.29) is 24.0 Å². The lowest BCUT2D eigenvalue weighted by molar-refractivity contribution is 0.140. The third-order valence-electron chi connectivity index (χ3n) is 4.47. The molecule has 1 fully saturated rings. The van der Waals surface area contributed by atoms with Crippen molar-refractivity contribution in [3.63, 3.8) is 0 Å². The number of aryl methyl sites for hydroxylation is 1. The molecule has 5 nitrogen and oxygen atoms in total. The number of nitrogens with one attached hydrogen (secondary N) is 2. The van der Waals surface area contributed by atoms with Crippen LogP contribution < -0.4 is 10.6 Å². The lowest BCUT2D eigenvalue weighted by atomic mass is 9.92. The Balaban J connectivity index is 0.00000312. The van der Waals surface area contributed by atoms with Crippen LogP contribution >= 0.6 is 35.3 Å². The molecule has 2 heterocycles. The number of thiazole rings is 1. The highest BCUT2D eigenvalue weighted by Crippen LogP contribution is 2.20. The Hall–Kier alpha value is -0.410. The summed E-state index contributed by atoms with van der Waals surface area (Å²) in [5, 5.41) is 7.88. The Labute approximate surface area is 174 Å². The molecule has 25 heavy (non-hydrogen) atoms. The molecule has 2 atom stereocenters. The van der Waals surface area contributed by atoms with Crippen molar-refractivity contribution >= 4 is 41.3 Å². The van der Waals surface area contributed by atoms with Gasteiger partial charge in [0.2, 0.25) is 0 Å². The SMILES string of the molecule is CCc1cnc(CNC(=NC)NCCCN2CC(C)CC(C)C2)s1.I. The third kappa shape index (κ3) is 8.21. The van der Waals surface area contributed by atoms with Crippen LogP contribution in [0.25, 0.3) is 0 Å². The van der Waals surface area contributed by atoms with Gasteiger partial charge in [0, 0.05) is 37.8 Å². The van der Waals surface area contributed by atoms with Gasteiger partial charge in [0.15, 0.2) is 5.96 Å². The molecule has 0 aliphatic carbocycles. The van der Waals surface area contributed by atoms with Gasteiger partial charge in [-0.1, -0.05) is 20.8 Å². The standard InChI is InChI=1S/C18H33N5S.HI/c1-5-16-10-21-17(24-16)11-22-18(19-4)20-7-6-8-23-12-14(2)9-15(3)13-23;/h10,14-15H,5-9,11-13H2,1-4H3,(H2,19,20,22);1H. The molecule has 7 heteroatoms. The van der Waals surface area contributed by atoms with Crippen LogP contribution in [0.15, 0.2) is 11.2 Å². The van der Waals surface area contributed by atoms with Gasteiger partial charge in [-0.05, 0) is 37.6 Å². The zero-order valence-electron chi connectivity index (χ0n) is 16.0. The van der Waals surface area contributed by atoms with Crippen LogP contribution in [0.5, 0.6) is 0 Å². The summed E-state index contributed by atoms with van der Waals surface area (Å²) >= 11 is 1.77. The van der Waals surface area contributed by atoms with Crippen molar-refractivity contribution in [3.05, 3.63) is 16.1 Å². The van der Waals surface area contributed by atoms with E-state index < -0.39 is 0 Å². The third-order valence-corrected chi connectivity index (χ3v) is 5.61. The average molecular weight is 479 g/mol. The van der Waals surface area contributed by atoms with Gasteiger partial charge in [-0.3, -0.25) is 4.99 Å². The fourth-order valence-electron chi connectivity index (χ4n) is 3.46. The Kier molecular flexibility index (Phi) is 10.9. The summed E-state index contributed by atoms with van der Waals surface area (Å²) in [6.45, 7) is 12.3. The van der Waals surface area contributed by atoms with E-state index in [0.29, 0.717) is 0 Å². The maximum Gasteiger partial charge on any atom is 0.191 e. The lowest BCUT2D eigenvalue weighted by Gasteiger charge is -2.35. The molecule has 2 rings (SSSR count). The zero-order valence-corrected chi connectivity index (χ0v) is 19.2. The minimum Gasteiger partial charge on any atom is -0.356 e. The highest BCUT2D eigenvalue weighted by molar-refractivity contribution is 14.0. The van der Waals surface area contributed by atoms with Crippen molar-refractivity contribution in [2.45, 2.75) is 46.6 Å². The summed E-state index contributed by atoms with van der Waals surface area (Å²) in [5.41, 5.74) is 0. The molecule has 0 radical (unpaired) electrons. The van der Waals surface area contributed by atoms with Crippen molar-refractivity contribution in [2.75, 3.05) is 33.2 Å². The van der Waals surface area contributed by atoms with E-state index in [4.69, 9.17) is 0 Å². The molecule has 144 valence electrons. The monoisotopic (exact) mass is 479 g/mol. The number of halogens is 1. The first-order valence-electron chi connectivity index (χ1n) is 9.21. The second kappa shape index (κ2) is 12.1. The van der Waals surface area contributed by atoms with Gasteiger partial charge in [-0.25, -0.2) is 4.98 Å². The van der Waals surface area contributed by atoms with Gasteiger partial charge in [0.25, 0.3) is 0 Å². The predicted molar refractivity (Wildman–Crippen MR) is 119 cm³/mol. The molecular formula is C18H34IN5S. The fourth-order valence-corrected chi connectivity index (χ4v) is 4.26. The topological polar surface area (TPSA) is 52.6 Å². The second-order valence-corrected chi connectivity index (χ2v) is 8.19. The summed E-state index contributed by atoms with van der Waals surface area (Å²) in [5.74, 6) is 2.54. The first kappa shape index (κ1) is 22.6. The molecule has 0 spiro atoms. The average Bonchev–Trinajstić information content (AvgIpc) is 3.01. The van der Waals surface area contributed by atoms with Crippen molar-refractivity contribution in [3.8, 4) is 0 Å². The normalized spacial score (nSPS) is 21.7. The molecule has 0 aromatic carbocycles. The number of hydrogen-bond acceptors (Lipinski definition) is 4.